The summed E-state index contributed by atoms with van der Waals surface area (Å²) in [6.45, 7) is 3.99. The Morgan fingerprint density at radius 2 is 1.38 bits per heavy atom. The lowest BCUT2D eigenvalue weighted by Gasteiger charge is -2.09. The lowest BCUT2D eigenvalue weighted by molar-refractivity contribution is -0.116. The number of benzene rings is 2. The van der Waals surface area contributed by atoms with Gasteiger partial charge in [0.2, 0.25) is 5.91 Å². The van der Waals surface area contributed by atoms with Crippen LogP contribution in [0.4, 0.5) is 11.4 Å². The predicted octanol–water partition coefficient (Wildman–Crippen LogP) is 3.14. The summed E-state index contributed by atoms with van der Waals surface area (Å²) < 4.78 is 1.12. The average Bonchev–Trinajstić information content (AvgIpc) is 2.71. The van der Waals surface area contributed by atoms with Gasteiger partial charge in [0.1, 0.15) is 5.69 Å². The van der Waals surface area contributed by atoms with Crippen molar-refractivity contribution < 1.29 is 9.59 Å². The van der Waals surface area contributed by atoms with Gasteiger partial charge in [0, 0.05) is 23.9 Å². The average molecular weight is 390 g/mol. The molecule has 3 aromatic rings. The Morgan fingerprint density at radius 1 is 0.828 bits per heavy atom. The zero-order chi connectivity index (χ0) is 20.8. The summed E-state index contributed by atoms with van der Waals surface area (Å²) in [5.41, 5.74) is 3.23. The van der Waals surface area contributed by atoms with Gasteiger partial charge in [-0.2, -0.15) is 5.10 Å². The number of rotatable bonds is 6. The van der Waals surface area contributed by atoms with E-state index < -0.39 is 5.91 Å². The molecule has 29 heavy (non-hydrogen) atoms. The van der Waals surface area contributed by atoms with Crippen molar-refractivity contribution in [2.75, 3.05) is 10.6 Å². The quantitative estimate of drug-likeness (QED) is 0.676. The molecule has 0 saturated carbocycles. The molecule has 0 atom stereocenters. The minimum Gasteiger partial charge on any atom is -0.326 e. The zero-order valence-electron chi connectivity index (χ0n) is 16.3. The van der Waals surface area contributed by atoms with Crippen LogP contribution in [0, 0.1) is 13.8 Å². The number of aryl methyl sites for hydroxylation is 3. The fraction of sp³-hybridized carbons (Fsp3) is 0.182. The minimum absolute atomic E-state index is 0.0593. The first-order valence-corrected chi connectivity index (χ1v) is 9.23. The summed E-state index contributed by atoms with van der Waals surface area (Å²) in [5, 5.41) is 9.60. The van der Waals surface area contributed by atoms with Gasteiger partial charge in [-0.15, -0.1) is 0 Å². The van der Waals surface area contributed by atoms with E-state index in [0.717, 1.165) is 15.8 Å². The van der Waals surface area contributed by atoms with E-state index in [2.05, 4.69) is 15.7 Å². The molecular formula is C22H22N4O3. The highest BCUT2D eigenvalue weighted by molar-refractivity contribution is 6.02. The first-order chi connectivity index (χ1) is 13.9. The molecule has 7 nitrogen and oxygen atoms in total. The third-order valence-electron chi connectivity index (χ3n) is 4.29. The van der Waals surface area contributed by atoms with Crippen LogP contribution in [0.25, 0.3) is 0 Å². The van der Waals surface area contributed by atoms with Gasteiger partial charge >= 0.3 is 0 Å². The number of nitrogens with one attached hydrogen (secondary N) is 2. The molecule has 0 bridgehead atoms. The molecule has 7 heteroatoms. The molecule has 0 aliphatic carbocycles. The summed E-state index contributed by atoms with van der Waals surface area (Å²) in [5.74, 6) is -0.663. The summed E-state index contributed by atoms with van der Waals surface area (Å²) in [6, 6.07) is 17.4. The van der Waals surface area contributed by atoms with Crippen LogP contribution in [-0.4, -0.2) is 21.6 Å². The van der Waals surface area contributed by atoms with E-state index in [1.807, 2.05) is 50.2 Å². The van der Waals surface area contributed by atoms with E-state index in [9.17, 15) is 14.4 Å². The number of carbonyl (C=O) groups excluding carboxylic acids is 2. The van der Waals surface area contributed by atoms with Gasteiger partial charge in [-0.05, 0) is 44.2 Å². The maximum absolute atomic E-state index is 12.4. The molecule has 1 aromatic heterocycles. The number of hydrogen-bond donors (Lipinski definition) is 2. The van der Waals surface area contributed by atoms with E-state index in [-0.39, 0.29) is 30.1 Å². The van der Waals surface area contributed by atoms with Crippen LogP contribution in [0.3, 0.4) is 0 Å². The molecule has 0 aliphatic heterocycles. The maximum atomic E-state index is 12.4. The highest BCUT2D eigenvalue weighted by Crippen LogP contribution is 2.10. The molecule has 0 fully saturated rings. The van der Waals surface area contributed by atoms with Gasteiger partial charge in [-0.25, -0.2) is 4.68 Å². The van der Waals surface area contributed by atoms with Crippen LogP contribution >= 0.6 is 0 Å². The van der Waals surface area contributed by atoms with Gasteiger partial charge in [-0.1, -0.05) is 35.4 Å². The summed E-state index contributed by atoms with van der Waals surface area (Å²) in [6.07, 6.45) is 0.0593. The second-order valence-electron chi connectivity index (χ2n) is 6.76. The number of carbonyl (C=O) groups is 2. The number of nitrogens with zero attached hydrogens (tertiary/aromatic N) is 2. The minimum atomic E-state index is -0.424. The van der Waals surface area contributed by atoms with Crippen molar-refractivity contribution in [3.8, 4) is 0 Å². The molecule has 2 aromatic carbocycles. The first-order valence-electron chi connectivity index (χ1n) is 9.23. The number of hydrogen-bond acceptors (Lipinski definition) is 4. The van der Waals surface area contributed by atoms with Crippen molar-refractivity contribution in [3.63, 3.8) is 0 Å². The van der Waals surface area contributed by atoms with E-state index >= 15 is 0 Å². The van der Waals surface area contributed by atoms with Crippen LogP contribution in [0.5, 0.6) is 0 Å². The lowest BCUT2D eigenvalue weighted by Crippen LogP contribution is -2.28. The molecule has 0 unspecified atom stereocenters. The van der Waals surface area contributed by atoms with Gasteiger partial charge in [0.15, 0.2) is 0 Å². The fourth-order valence-corrected chi connectivity index (χ4v) is 2.63. The largest absolute Gasteiger partial charge is 0.326 e. The van der Waals surface area contributed by atoms with E-state index in [0.29, 0.717) is 11.4 Å². The molecule has 1 heterocycles. The van der Waals surface area contributed by atoms with Gasteiger partial charge < -0.3 is 10.6 Å². The fourth-order valence-electron chi connectivity index (χ4n) is 2.63. The van der Waals surface area contributed by atoms with Crippen LogP contribution in [0.1, 0.15) is 28.0 Å². The molecule has 148 valence electrons. The second-order valence-corrected chi connectivity index (χ2v) is 6.76. The van der Waals surface area contributed by atoms with Crippen molar-refractivity contribution in [1.29, 1.82) is 0 Å². The van der Waals surface area contributed by atoms with Crippen molar-refractivity contribution in [3.05, 3.63) is 87.8 Å². The Bertz CT molecular complexity index is 1070. The Morgan fingerprint density at radius 3 is 1.97 bits per heavy atom. The first kappa shape index (κ1) is 20.0. The van der Waals surface area contributed by atoms with E-state index in [4.69, 9.17) is 0 Å². The highest BCUT2D eigenvalue weighted by Gasteiger charge is 2.11. The molecule has 2 N–H and O–H groups in total. The van der Waals surface area contributed by atoms with E-state index in [1.165, 1.54) is 12.1 Å². The SMILES string of the molecule is Cc1ccc(NC(=O)CCn2nc(C(=O)Nc3ccc(C)cc3)ccc2=O)cc1. The smallest absolute Gasteiger partial charge is 0.276 e. The van der Waals surface area contributed by atoms with Crippen molar-refractivity contribution in [2.45, 2.75) is 26.8 Å². The topological polar surface area (TPSA) is 93.1 Å². The van der Waals surface area contributed by atoms with Crippen molar-refractivity contribution in [1.82, 2.24) is 9.78 Å². The van der Waals surface area contributed by atoms with Crippen LogP contribution < -0.4 is 16.2 Å². The van der Waals surface area contributed by atoms with Crippen LogP contribution in [-0.2, 0) is 11.3 Å². The van der Waals surface area contributed by atoms with Gasteiger partial charge in [0.05, 0.1) is 6.54 Å². The monoisotopic (exact) mass is 390 g/mol. The standard InChI is InChI=1S/C22H22N4O3/c1-15-3-7-17(8-4-15)23-20(27)13-14-26-21(28)12-11-19(25-26)22(29)24-18-9-5-16(2)6-10-18/h3-12H,13-14H2,1-2H3,(H,23,27)(H,24,29). The van der Waals surface area contributed by atoms with Crippen molar-refractivity contribution in [2.24, 2.45) is 0 Å². The predicted molar refractivity (Wildman–Crippen MR) is 112 cm³/mol. The molecule has 0 radical (unpaired) electrons. The summed E-state index contributed by atoms with van der Waals surface area (Å²) in [7, 11) is 0. The zero-order valence-corrected chi connectivity index (χ0v) is 16.3. The number of anilines is 2. The third-order valence-corrected chi connectivity index (χ3v) is 4.29. The lowest BCUT2D eigenvalue weighted by atomic mass is 10.2. The van der Waals surface area contributed by atoms with Gasteiger partial charge in [-0.3, -0.25) is 14.4 Å². The molecule has 0 spiro atoms. The third kappa shape index (κ3) is 5.62. The Hall–Kier alpha value is -3.74. The second kappa shape index (κ2) is 8.97. The normalized spacial score (nSPS) is 10.4. The Kier molecular flexibility index (Phi) is 6.19. The van der Waals surface area contributed by atoms with Crippen molar-refractivity contribution >= 4 is 23.2 Å². The molecule has 3 rings (SSSR count). The number of aromatic nitrogens is 2. The molecule has 2 amide bonds. The maximum Gasteiger partial charge on any atom is 0.276 e. The van der Waals surface area contributed by atoms with Crippen LogP contribution in [0.2, 0.25) is 0 Å². The molecule has 0 aliphatic rings. The Labute approximate surface area is 168 Å². The Balaban J connectivity index is 1.63. The highest BCUT2D eigenvalue weighted by atomic mass is 16.2. The number of amides is 2. The molecule has 0 saturated heterocycles. The summed E-state index contributed by atoms with van der Waals surface area (Å²) >= 11 is 0. The molecular weight excluding hydrogens is 368 g/mol. The summed E-state index contributed by atoms with van der Waals surface area (Å²) in [4.78, 5) is 36.6. The van der Waals surface area contributed by atoms with E-state index in [1.54, 1.807) is 12.1 Å². The van der Waals surface area contributed by atoms with Gasteiger partial charge in [0.25, 0.3) is 11.5 Å². The van der Waals surface area contributed by atoms with Crippen LogP contribution in [0.15, 0.2) is 65.5 Å².